The summed E-state index contributed by atoms with van der Waals surface area (Å²) in [5, 5.41) is 22.5. The van der Waals surface area contributed by atoms with E-state index < -0.39 is 18.0 Å². The first kappa shape index (κ1) is 22.6. The van der Waals surface area contributed by atoms with Crippen LogP contribution < -0.4 is 4.90 Å². The van der Waals surface area contributed by atoms with Crippen molar-refractivity contribution in [1.82, 2.24) is 14.8 Å². The molecule has 4 aliphatic rings. The molecular weight excluding hydrogens is 468 g/mol. The number of aliphatic hydroxyl groups is 1. The number of anilines is 1. The molecule has 10 nitrogen and oxygen atoms in total. The molecule has 33 heavy (non-hydrogen) atoms. The molecule has 12 heteroatoms. The first-order valence-corrected chi connectivity index (χ1v) is 12.6. The zero-order valence-corrected chi connectivity index (χ0v) is 20.1. The maximum absolute atomic E-state index is 12.5. The minimum Gasteiger partial charge on any atom is -0.477 e. The number of fused-ring (bicyclic) bond motifs is 1. The SMILES string of the molecule is COC1CN(C(=O)c2csc(N3CC(SC4=C(C(=O)O)N5C(=O)[C@H]([C@@H](C)O)[C@H]5[C@H]4C)C3)n2)C1. The Morgan fingerprint density at radius 3 is 2.61 bits per heavy atom. The number of β-lactam (4-membered cyclic amide) rings is 1. The zero-order chi connectivity index (χ0) is 23.6. The second kappa shape index (κ2) is 8.26. The summed E-state index contributed by atoms with van der Waals surface area (Å²) in [6, 6.07) is -0.297. The summed E-state index contributed by atoms with van der Waals surface area (Å²) in [7, 11) is 1.64. The van der Waals surface area contributed by atoms with E-state index in [9.17, 15) is 24.6 Å². The number of hydrogen-bond donors (Lipinski definition) is 2. The van der Waals surface area contributed by atoms with Crippen LogP contribution in [0.3, 0.4) is 0 Å². The van der Waals surface area contributed by atoms with Crippen molar-refractivity contribution in [3.8, 4) is 0 Å². The highest BCUT2D eigenvalue weighted by Crippen LogP contribution is 2.52. The van der Waals surface area contributed by atoms with Crippen molar-refractivity contribution in [2.45, 2.75) is 37.3 Å². The van der Waals surface area contributed by atoms with Gasteiger partial charge in [0.1, 0.15) is 11.4 Å². The van der Waals surface area contributed by atoms with E-state index in [-0.39, 0.29) is 40.8 Å². The third-order valence-electron chi connectivity index (χ3n) is 6.90. The van der Waals surface area contributed by atoms with Crippen LogP contribution in [0.5, 0.6) is 0 Å². The molecule has 5 heterocycles. The molecule has 3 fully saturated rings. The number of aliphatic carboxylic acids is 1. The summed E-state index contributed by atoms with van der Waals surface area (Å²) in [6.45, 7) is 6.04. The van der Waals surface area contributed by atoms with Crippen LogP contribution in [-0.4, -0.2) is 99.6 Å². The molecule has 0 spiro atoms. The minimum atomic E-state index is -1.11. The number of hydrogen-bond acceptors (Lipinski definition) is 9. The molecule has 4 aliphatic heterocycles. The van der Waals surface area contributed by atoms with Gasteiger partial charge in [-0.2, -0.15) is 0 Å². The van der Waals surface area contributed by atoms with Crippen molar-refractivity contribution in [3.05, 3.63) is 21.7 Å². The molecule has 0 radical (unpaired) electrons. The number of amides is 2. The summed E-state index contributed by atoms with van der Waals surface area (Å²) in [5.41, 5.74) is 0.497. The first-order chi connectivity index (χ1) is 15.7. The van der Waals surface area contributed by atoms with Crippen LogP contribution >= 0.6 is 23.1 Å². The van der Waals surface area contributed by atoms with Crippen molar-refractivity contribution in [3.63, 3.8) is 0 Å². The van der Waals surface area contributed by atoms with E-state index >= 15 is 0 Å². The first-order valence-electron chi connectivity index (χ1n) is 10.9. The van der Waals surface area contributed by atoms with Crippen LogP contribution in [0.2, 0.25) is 0 Å². The Balaban J connectivity index is 1.21. The number of carbonyl (C=O) groups is 3. The average molecular weight is 495 g/mol. The Kier molecular flexibility index (Phi) is 5.66. The van der Waals surface area contributed by atoms with Gasteiger partial charge in [-0.25, -0.2) is 9.78 Å². The van der Waals surface area contributed by atoms with Gasteiger partial charge < -0.3 is 29.6 Å². The standard InChI is InChI=1S/C21H26N4O6S2/c1-9-15-14(10(2)26)19(28)25(15)16(20(29)30)17(9)33-12-6-24(7-12)21-22-13(8-32-21)18(27)23-4-11(5-23)31-3/h8-12,14-15,26H,4-7H2,1-3H3,(H,29,30)/t9-,10-,14-,15-/m1/s1. The number of aromatic nitrogens is 1. The molecule has 0 saturated carbocycles. The highest BCUT2D eigenvalue weighted by Gasteiger charge is 2.60. The number of nitrogens with zero attached hydrogens (tertiary/aromatic N) is 4. The van der Waals surface area contributed by atoms with Gasteiger partial charge in [-0.15, -0.1) is 23.1 Å². The maximum atomic E-state index is 12.5. The number of carboxylic acids is 1. The fraction of sp³-hybridized carbons (Fsp3) is 0.619. The van der Waals surface area contributed by atoms with Gasteiger partial charge in [0.15, 0.2) is 5.13 Å². The molecule has 178 valence electrons. The second-order valence-electron chi connectivity index (χ2n) is 9.00. The van der Waals surface area contributed by atoms with E-state index in [1.54, 1.807) is 24.3 Å². The van der Waals surface area contributed by atoms with Crippen molar-refractivity contribution >= 4 is 46.0 Å². The van der Waals surface area contributed by atoms with Crippen LogP contribution in [0.4, 0.5) is 5.13 Å². The zero-order valence-electron chi connectivity index (χ0n) is 18.5. The van der Waals surface area contributed by atoms with Gasteiger partial charge in [-0.05, 0) is 6.92 Å². The maximum Gasteiger partial charge on any atom is 0.353 e. The van der Waals surface area contributed by atoms with Gasteiger partial charge in [0.25, 0.3) is 5.91 Å². The van der Waals surface area contributed by atoms with E-state index in [1.807, 2.05) is 6.92 Å². The number of ether oxygens (including phenoxy) is 1. The molecule has 1 aromatic heterocycles. The number of thiazole rings is 1. The van der Waals surface area contributed by atoms with E-state index in [0.717, 1.165) is 5.13 Å². The highest BCUT2D eigenvalue weighted by molar-refractivity contribution is 8.03. The van der Waals surface area contributed by atoms with Gasteiger partial charge in [0.05, 0.1) is 24.2 Å². The van der Waals surface area contributed by atoms with E-state index in [0.29, 0.717) is 36.8 Å². The van der Waals surface area contributed by atoms with Crippen LogP contribution in [0.1, 0.15) is 24.3 Å². The van der Waals surface area contributed by atoms with Crippen molar-refractivity contribution in [1.29, 1.82) is 0 Å². The quantitative estimate of drug-likeness (QED) is 0.527. The molecule has 2 amide bonds. The second-order valence-corrected chi connectivity index (χ2v) is 11.2. The monoisotopic (exact) mass is 494 g/mol. The fourth-order valence-electron chi connectivity index (χ4n) is 4.95. The molecule has 5 rings (SSSR count). The molecule has 1 aromatic rings. The van der Waals surface area contributed by atoms with Crippen molar-refractivity contribution in [2.24, 2.45) is 11.8 Å². The van der Waals surface area contributed by atoms with E-state index in [4.69, 9.17) is 4.74 Å². The third-order valence-corrected chi connectivity index (χ3v) is 9.26. The molecule has 4 atom stereocenters. The largest absolute Gasteiger partial charge is 0.477 e. The number of carboxylic acid groups (broad SMARTS) is 1. The predicted molar refractivity (Wildman–Crippen MR) is 122 cm³/mol. The normalized spacial score (nSPS) is 28.4. The number of rotatable bonds is 7. The number of thioether (sulfide) groups is 1. The fourth-order valence-corrected chi connectivity index (χ4v) is 7.29. The summed E-state index contributed by atoms with van der Waals surface area (Å²) in [6.07, 6.45) is -0.709. The number of aliphatic hydroxyl groups excluding tert-OH is 1. The lowest BCUT2D eigenvalue weighted by molar-refractivity contribution is -0.163. The van der Waals surface area contributed by atoms with Gasteiger partial charge in [-0.3, -0.25) is 9.59 Å². The molecule has 0 aromatic carbocycles. The van der Waals surface area contributed by atoms with Crippen LogP contribution in [0.15, 0.2) is 16.0 Å². The summed E-state index contributed by atoms with van der Waals surface area (Å²) < 4.78 is 5.21. The number of carbonyl (C=O) groups excluding carboxylic acids is 2. The molecule has 0 aliphatic carbocycles. The Morgan fingerprint density at radius 2 is 2.00 bits per heavy atom. The van der Waals surface area contributed by atoms with Gasteiger partial charge in [0.2, 0.25) is 5.91 Å². The Morgan fingerprint density at radius 1 is 1.30 bits per heavy atom. The molecule has 0 bridgehead atoms. The van der Waals surface area contributed by atoms with Gasteiger partial charge in [0, 0.05) is 54.7 Å². The van der Waals surface area contributed by atoms with Crippen molar-refractivity contribution < 1.29 is 29.3 Å². The molecular formula is C21H26N4O6S2. The molecule has 0 unspecified atom stereocenters. The Bertz CT molecular complexity index is 1030. The summed E-state index contributed by atoms with van der Waals surface area (Å²) >= 11 is 2.93. The predicted octanol–water partition coefficient (Wildman–Crippen LogP) is 0.689. The van der Waals surface area contributed by atoms with Gasteiger partial charge in [-0.1, -0.05) is 6.92 Å². The van der Waals surface area contributed by atoms with Crippen LogP contribution in [-0.2, 0) is 14.3 Å². The Labute approximate surface area is 199 Å². The van der Waals surface area contributed by atoms with Crippen LogP contribution in [0, 0.1) is 11.8 Å². The molecule has 3 saturated heterocycles. The average Bonchev–Trinajstić information content (AvgIpc) is 3.25. The number of likely N-dealkylation sites (tertiary alicyclic amines) is 1. The lowest BCUT2D eigenvalue weighted by Crippen LogP contribution is -2.63. The highest BCUT2D eigenvalue weighted by atomic mass is 32.2. The van der Waals surface area contributed by atoms with Crippen LogP contribution in [0.25, 0.3) is 0 Å². The molecule has 2 N–H and O–H groups in total. The lowest BCUT2D eigenvalue weighted by Gasteiger charge is -2.46. The van der Waals surface area contributed by atoms with Gasteiger partial charge >= 0.3 is 5.97 Å². The Hall–Kier alpha value is -2.15. The summed E-state index contributed by atoms with van der Waals surface area (Å²) in [5.74, 6) is -2.20. The topological polar surface area (TPSA) is 124 Å². The van der Waals surface area contributed by atoms with Crippen molar-refractivity contribution in [2.75, 3.05) is 38.2 Å². The smallest absolute Gasteiger partial charge is 0.353 e. The van der Waals surface area contributed by atoms with E-state index in [1.165, 1.54) is 28.0 Å². The van der Waals surface area contributed by atoms with E-state index in [2.05, 4.69) is 9.88 Å². The summed E-state index contributed by atoms with van der Waals surface area (Å²) in [4.78, 5) is 47.3. The minimum absolute atomic E-state index is 0.0592. The third kappa shape index (κ3) is 3.54. The lowest BCUT2D eigenvalue weighted by atomic mass is 9.79. The number of methoxy groups -OCH3 is 1.